The minimum atomic E-state index is 0.0387. The second-order valence-corrected chi connectivity index (χ2v) is 5.61. The van der Waals surface area contributed by atoms with Crippen molar-refractivity contribution in [3.8, 4) is 0 Å². The molecule has 1 N–H and O–H groups in total. The minimum Gasteiger partial charge on any atom is -0.393 e. The zero-order valence-corrected chi connectivity index (χ0v) is 10.8. The molecular formula is C15H22NO2+. The molecule has 2 aliphatic rings. The topological polar surface area (TPSA) is 29.5 Å². The highest BCUT2D eigenvalue weighted by Gasteiger charge is 2.50. The van der Waals surface area contributed by atoms with Crippen LogP contribution in [0, 0.1) is 0 Å². The standard InChI is InChI=1S/C15H22NO2/c17-12-15-10-14-8-4-5-9-16(14,18-15)11-13-6-2-1-3-7-13/h1-3,6-7,14-15,17H,4-5,8-12H2/q+1/t14-,15+,16?/m0/s1. The van der Waals surface area contributed by atoms with Gasteiger partial charge in [0.15, 0.2) is 0 Å². The van der Waals surface area contributed by atoms with Crippen molar-refractivity contribution in [3.05, 3.63) is 35.9 Å². The predicted molar refractivity (Wildman–Crippen MR) is 69.5 cm³/mol. The predicted octanol–water partition coefficient (Wildman–Crippen LogP) is 2.25. The molecule has 0 aromatic heterocycles. The van der Waals surface area contributed by atoms with Crippen molar-refractivity contribution in [2.24, 2.45) is 0 Å². The number of rotatable bonds is 3. The van der Waals surface area contributed by atoms with Crippen LogP contribution in [-0.2, 0) is 11.4 Å². The van der Waals surface area contributed by atoms with E-state index < -0.39 is 0 Å². The van der Waals surface area contributed by atoms with Crippen molar-refractivity contribution in [3.63, 3.8) is 0 Å². The van der Waals surface area contributed by atoms with E-state index >= 15 is 0 Å². The molecule has 1 unspecified atom stereocenters. The van der Waals surface area contributed by atoms with Crippen LogP contribution >= 0.6 is 0 Å². The summed E-state index contributed by atoms with van der Waals surface area (Å²) in [5.41, 5.74) is 1.34. The molecule has 0 saturated carbocycles. The van der Waals surface area contributed by atoms with Gasteiger partial charge < -0.3 is 5.11 Å². The molecular weight excluding hydrogens is 226 g/mol. The van der Waals surface area contributed by atoms with Crippen molar-refractivity contribution in [1.29, 1.82) is 0 Å². The molecule has 18 heavy (non-hydrogen) atoms. The summed E-state index contributed by atoms with van der Waals surface area (Å²) in [7, 11) is 0. The third-order valence-corrected chi connectivity index (χ3v) is 4.38. The van der Waals surface area contributed by atoms with E-state index in [2.05, 4.69) is 30.3 Å². The molecule has 3 rings (SSSR count). The Morgan fingerprint density at radius 1 is 1.22 bits per heavy atom. The summed E-state index contributed by atoms with van der Waals surface area (Å²) >= 11 is 0. The monoisotopic (exact) mass is 248 g/mol. The van der Waals surface area contributed by atoms with E-state index in [0.717, 1.165) is 24.2 Å². The van der Waals surface area contributed by atoms with Gasteiger partial charge in [-0.05, 0) is 12.8 Å². The first-order valence-electron chi connectivity index (χ1n) is 7.02. The number of hydrogen-bond donors (Lipinski definition) is 1. The maximum atomic E-state index is 9.36. The molecule has 3 nitrogen and oxygen atoms in total. The van der Waals surface area contributed by atoms with Gasteiger partial charge in [-0.15, -0.1) is 0 Å². The normalized spacial score (nSPS) is 35.4. The van der Waals surface area contributed by atoms with Crippen LogP contribution in [0.15, 0.2) is 30.3 Å². The van der Waals surface area contributed by atoms with Gasteiger partial charge in [0.05, 0.1) is 6.61 Å². The molecule has 98 valence electrons. The Morgan fingerprint density at radius 3 is 2.83 bits per heavy atom. The lowest BCUT2D eigenvalue weighted by molar-refractivity contribution is -1.12. The third kappa shape index (κ3) is 2.18. The summed E-state index contributed by atoms with van der Waals surface area (Å²) in [5, 5.41) is 9.36. The number of nitrogens with zero attached hydrogens (tertiary/aromatic N) is 1. The van der Waals surface area contributed by atoms with Gasteiger partial charge in [0.1, 0.15) is 25.2 Å². The lowest BCUT2D eigenvalue weighted by Gasteiger charge is -2.39. The molecule has 0 aliphatic carbocycles. The van der Waals surface area contributed by atoms with E-state index in [1.165, 1.54) is 24.8 Å². The minimum absolute atomic E-state index is 0.0387. The van der Waals surface area contributed by atoms with E-state index in [-0.39, 0.29) is 12.7 Å². The quantitative estimate of drug-likeness (QED) is 0.831. The maximum Gasteiger partial charge on any atom is 0.145 e. The first-order valence-corrected chi connectivity index (χ1v) is 7.02. The summed E-state index contributed by atoms with van der Waals surface area (Å²) in [6.45, 7) is 2.20. The fourth-order valence-electron chi connectivity index (χ4n) is 3.52. The maximum absolute atomic E-state index is 9.36. The highest BCUT2D eigenvalue weighted by atomic mass is 16.7. The van der Waals surface area contributed by atoms with Crippen LogP contribution in [0.2, 0.25) is 0 Å². The molecule has 0 radical (unpaired) electrons. The van der Waals surface area contributed by atoms with Crippen LogP contribution in [0.3, 0.4) is 0 Å². The summed E-state index contributed by atoms with van der Waals surface area (Å²) in [6, 6.07) is 11.2. The molecule has 2 fully saturated rings. The Kier molecular flexibility index (Phi) is 3.37. The van der Waals surface area contributed by atoms with Gasteiger partial charge in [-0.2, -0.15) is 9.48 Å². The van der Waals surface area contributed by atoms with Gasteiger partial charge in [-0.25, -0.2) is 0 Å². The second kappa shape index (κ2) is 5.00. The SMILES string of the molecule is OC[C@H]1C[C@@H]2CCCC[N+]2(Cc2ccccc2)O1. The number of aliphatic hydroxyl groups excluding tert-OH is 1. The van der Waals surface area contributed by atoms with Crippen molar-refractivity contribution in [2.45, 2.75) is 44.4 Å². The fourth-order valence-corrected chi connectivity index (χ4v) is 3.52. The first kappa shape index (κ1) is 12.2. The van der Waals surface area contributed by atoms with E-state index in [9.17, 15) is 5.11 Å². The molecule has 2 aliphatic heterocycles. The van der Waals surface area contributed by atoms with E-state index in [1.807, 2.05) is 0 Å². The molecule has 0 spiro atoms. The van der Waals surface area contributed by atoms with Gasteiger partial charge in [0.2, 0.25) is 0 Å². The summed E-state index contributed by atoms with van der Waals surface area (Å²) < 4.78 is 0.745. The summed E-state index contributed by atoms with van der Waals surface area (Å²) in [6.07, 6.45) is 4.84. The largest absolute Gasteiger partial charge is 0.393 e. The Hall–Kier alpha value is -0.900. The van der Waals surface area contributed by atoms with Gasteiger partial charge in [0, 0.05) is 18.4 Å². The average Bonchev–Trinajstić information content (AvgIpc) is 2.78. The number of piperidine rings is 1. The van der Waals surface area contributed by atoms with Crippen molar-refractivity contribution in [1.82, 2.24) is 0 Å². The lowest BCUT2D eigenvalue weighted by Crippen LogP contribution is -2.52. The number of hydrogen-bond acceptors (Lipinski definition) is 2. The summed E-state index contributed by atoms with van der Waals surface area (Å²) in [5.74, 6) is 0. The van der Waals surface area contributed by atoms with Crippen LogP contribution in [0.25, 0.3) is 0 Å². The Morgan fingerprint density at radius 2 is 2.06 bits per heavy atom. The number of fused-ring (bicyclic) bond motifs is 1. The Balaban J connectivity index is 1.81. The van der Waals surface area contributed by atoms with Gasteiger partial charge in [-0.3, -0.25) is 0 Å². The van der Waals surface area contributed by atoms with Gasteiger partial charge in [-0.1, -0.05) is 30.3 Å². The van der Waals surface area contributed by atoms with Crippen LogP contribution in [0.5, 0.6) is 0 Å². The first-order chi connectivity index (χ1) is 8.82. The molecule has 2 saturated heterocycles. The molecule has 3 heteroatoms. The number of quaternary nitrogens is 1. The molecule has 0 bridgehead atoms. The van der Waals surface area contributed by atoms with Crippen LogP contribution in [0.4, 0.5) is 0 Å². The van der Waals surface area contributed by atoms with Gasteiger partial charge >= 0.3 is 0 Å². The van der Waals surface area contributed by atoms with Crippen molar-refractivity contribution >= 4 is 0 Å². The number of aliphatic hydroxyl groups is 1. The zero-order valence-electron chi connectivity index (χ0n) is 10.8. The average molecular weight is 248 g/mol. The third-order valence-electron chi connectivity index (χ3n) is 4.38. The van der Waals surface area contributed by atoms with Gasteiger partial charge in [0.25, 0.3) is 0 Å². The molecule has 1 aromatic carbocycles. The van der Waals surface area contributed by atoms with E-state index in [0.29, 0.717) is 6.04 Å². The van der Waals surface area contributed by atoms with Crippen molar-refractivity contribution < 1.29 is 14.6 Å². The molecule has 0 amide bonds. The highest BCUT2D eigenvalue weighted by molar-refractivity contribution is 5.13. The van der Waals surface area contributed by atoms with Crippen LogP contribution in [-0.4, -0.2) is 35.1 Å². The molecule has 2 heterocycles. The van der Waals surface area contributed by atoms with E-state index in [1.54, 1.807) is 0 Å². The van der Waals surface area contributed by atoms with Crippen LogP contribution < -0.4 is 0 Å². The Labute approximate surface area is 109 Å². The lowest BCUT2D eigenvalue weighted by atomic mass is 9.97. The summed E-state index contributed by atoms with van der Waals surface area (Å²) in [4.78, 5) is 6.19. The van der Waals surface area contributed by atoms with E-state index in [4.69, 9.17) is 4.84 Å². The number of hydroxylamine groups is 3. The molecule has 3 atom stereocenters. The smallest absolute Gasteiger partial charge is 0.145 e. The Bertz CT molecular complexity index is 395. The fraction of sp³-hybridized carbons (Fsp3) is 0.600. The molecule has 1 aromatic rings. The van der Waals surface area contributed by atoms with Crippen LogP contribution in [0.1, 0.15) is 31.2 Å². The number of benzene rings is 1. The zero-order chi connectivity index (χ0) is 12.4. The highest BCUT2D eigenvalue weighted by Crippen LogP contribution is 2.38. The van der Waals surface area contributed by atoms with Crippen molar-refractivity contribution in [2.75, 3.05) is 13.2 Å². The second-order valence-electron chi connectivity index (χ2n) is 5.61.